The predicted molar refractivity (Wildman–Crippen MR) is 69.4 cm³/mol. The van der Waals surface area contributed by atoms with Crippen LogP contribution in [0.3, 0.4) is 0 Å². The molecule has 0 N–H and O–H groups in total. The average molecular weight is 243 g/mol. The summed E-state index contributed by atoms with van der Waals surface area (Å²) < 4.78 is 1.82. The van der Waals surface area contributed by atoms with Gasteiger partial charge in [-0.05, 0) is 30.5 Å². The summed E-state index contributed by atoms with van der Waals surface area (Å²) >= 11 is 0. The van der Waals surface area contributed by atoms with Crippen molar-refractivity contribution in [2.75, 3.05) is 0 Å². The predicted octanol–water partition coefficient (Wildman–Crippen LogP) is 2.50. The number of aryl methyl sites for hydroxylation is 2. The summed E-state index contributed by atoms with van der Waals surface area (Å²) in [5, 5.41) is 4.17. The zero-order valence-electron chi connectivity index (χ0n) is 10.5. The molecule has 2 rings (SSSR count). The molecule has 2 aromatic heterocycles. The fourth-order valence-electron chi connectivity index (χ4n) is 1.81. The summed E-state index contributed by atoms with van der Waals surface area (Å²) in [6.45, 7) is 2.95. The van der Waals surface area contributed by atoms with Crippen LogP contribution >= 0.6 is 0 Å². The minimum absolute atomic E-state index is 0.147. The van der Waals surface area contributed by atoms with Crippen molar-refractivity contribution in [2.45, 2.75) is 32.7 Å². The van der Waals surface area contributed by atoms with Gasteiger partial charge in [0.1, 0.15) is 0 Å². The molecule has 0 unspecified atom stereocenters. The van der Waals surface area contributed by atoms with Gasteiger partial charge in [-0.3, -0.25) is 14.5 Å². The van der Waals surface area contributed by atoms with E-state index < -0.39 is 0 Å². The summed E-state index contributed by atoms with van der Waals surface area (Å²) in [5.41, 5.74) is 1.84. The van der Waals surface area contributed by atoms with Gasteiger partial charge in [-0.15, -0.1) is 0 Å². The number of carbonyl (C=O) groups is 1. The molecule has 94 valence electrons. The van der Waals surface area contributed by atoms with E-state index in [1.54, 1.807) is 18.6 Å². The molecule has 2 aromatic rings. The summed E-state index contributed by atoms with van der Waals surface area (Å²) in [7, 11) is 0. The molecular formula is C14H17N3O. The van der Waals surface area contributed by atoms with Crippen molar-refractivity contribution in [1.29, 1.82) is 0 Å². The third kappa shape index (κ3) is 3.26. The number of ketones is 1. The van der Waals surface area contributed by atoms with Crippen LogP contribution in [-0.2, 0) is 13.0 Å². The maximum absolute atomic E-state index is 12.0. The maximum Gasteiger partial charge on any atom is 0.166 e. The fourth-order valence-corrected chi connectivity index (χ4v) is 1.81. The first-order valence-electron chi connectivity index (χ1n) is 6.24. The van der Waals surface area contributed by atoms with Crippen molar-refractivity contribution in [3.05, 3.63) is 48.0 Å². The quantitative estimate of drug-likeness (QED) is 0.732. The van der Waals surface area contributed by atoms with Crippen molar-refractivity contribution >= 4 is 5.78 Å². The van der Waals surface area contributed by atoms with Crippen molar-refractivity contribution in [3.63, 3.8) is 0 Å². The third-order valence-electron chi connectivity index (χ3n) is 2.80. The molecule has 0 aliphatic heterocycles. The standard InChI is InChI=1S/C14H17N3O/c1-2-9-17-11-13(10-16-17)14(18)4-3-12-5-7-15-8-6-12/h5-8,10-11H,2-4,9H2,1H3. The monoisotopic (exact) mass is 243 g/mol. The van der Waals surface area contributed by atoms with Gasteiger partial charge in [0.05, 0.1) is 11.8 Å². The Balaban J connectivity index is 1.91. The summed E-state index contributed by atoms with van der Waals surface area (Å²) in [5.74, 6) is 0.147. The highest BCUT2D eigenvalue weighted by atomic mass is 16.1. The largest absolute Gasteiger partial charge is 0.294 e. The van der Waals surface area contributed by atoms with Crippen molar-refractivity contribution in [1.82, 2.24) is 14.8 Å². The number of nitrogens with zero attached hydrogens (tertiary/aromatic N) is 3. The van der Waals surface area contributed by atoms with Gasteiger partial charge in [-0.1, -0.05) is 6.92 Å². The van der Waals surface area contributed by atoms with Gasteiger partial charge < -0.3 is 0 Å². The Hall–Kier alpha value is -1.97. The molecule has 0 amide bonds. The molecule has 0 bridgehead atoms. The molecule has 0 aromatic carbocycles. The van der Waals surface area contributed by atoms with Gasteiger partial charge in [0.25, 0.3) is 0 Å². The lowest BCUT2D eigenvalue weighted by Crippen LogP contribution is -2.01. The zero-order chi connectivity index (χ0) is 12.8. The number of carbonyl (C=O) groups excluding carboxylic acids is 1. The van der Waals surface area contributed by atoms with Crippen LogP contribution in [0, 0.1) is 0 Å². The van der Waals surface area contributed by atoms with Crippen molar-refractivity contribution in [3.8, 4) is 0 Å². The van der Waals surface area contributed by atoms with Crippen molar-refractivity contribution < 1.29 is 4.79 Å². The Bertz CT molecular complexity index is 505. The van der Waals surface area contributed by atoms with E-state index in [1.165, 1.54) is 0 Å². The lowest BCUT2D eigenvalue weighted by Gasteiger charge is -1.99. The highest BCUT2D eigenvalue weighted by molar-refractivity contribution is 5.95. The van der Waals surface area contributed by atoms with Crippen LogP contribution in [0.15, 0.2) is 36.9 Å². The van der Waals surface area contributed by atoms with E-state index >= 15 is 0 Å². The Morgan fingerprint density at radius 1 is 1.33 bits per heavy atom. The summed E-state index contributed by atoms with van der Waals surface area (Å²) in [6.07, 6.45) is 9.27. The number of Topliss-reactive ketones (excluding diaryl/α,β-unsaturated/α-hetero) is 1. The Morgan fingerprint density at radius 2 is 2.11 bits per heavy atom. The average Bonchev–Trinajstić information content (AvgIpc) is 2.86. The molecule has 4 heteroatoms. The van der Waals surface area contributed by atoms with Gasteiger partial charge in [0.15, 0.2) is 5.78 Å². The molecule has 0 fully saturated rings. The normalized spacial score (nSPS) is 10.5. The van der Waals surface area contributed by atoms with E-state index in [1.807, 2.05) is 23.0 Å². The molecule has 2 heterocycles. The minimum Gasteiger partial charge on any atom is -0.294 e. The smallest absolute Gasteiger partial charge is 0.166 e. The van der Waals surface area contributed by atoms with E-state index in [4.69, 9.17) is 0 Å². The molecule has 0 saturated heterocycles. The second-order valence-electron chi connectivity index (χ2n) is 4.27. The first-order valence-corrected chi connectivity index (χ1v) is 6.24. The summed E-state index contributed by atoms with van der Waals surface area (Å²) in [4.78, 5) is 15.9. The number of hydrogen-bond donors (Lipinski definition) is 0. The molecule has 0 aliphatic carbocycles. The van der Waals surface area contributed by atoms with Gasteiger partial charge in [-0.2, -0.15) is 5.10 Å². The van der Waals surface area contributed by atoms with E-state index in [-0.39, 0.29) is 5.78 Å². The highest BCUT2D eigenvalue weighted by Gasteiger charge is 2.08. The van der Waals surface area contributed by atoms with Crippen LogP contribution in [0.2, 0.25) is 0 Å². The van der Waals surface area contributed by atoms with Crippen LogP contribution in [0.1, 0.15) is 35.7 Å². The second kappa shape index (κ2) is 6.10. The molecule has 0 radical (unpaired) electrons. The highest BCUT2D eigenvalue weighted by Crippen LogP contribution is 2.07. The van der Waals surface area contributed by atoms with E-state index in [2.05, 4.69) is 17.0 Å². The van der Waals surface area contributed by atoms with Crippen LogP contribution in [-0.4, -0.2) is 20.5 Å². The van der Waals surface area contributed by atoms with E-state index in [9.17, 15) is 4.79 Å². The Kier molecular flexibility index (Phi) is 4.23. The molecule has 18 heavy (non-hydrogen) atoms. The molecule has 4 nitrogen and oxygen atoms in total. The first-order chi connectivity index (χ1) is 8.79. The number of rotatable bonds is 6. The van der Waals surface area contributed by atoms with E-state index in [0.29, 0.717) is 12.0 Å². The van der Waals surface area contributed by atoms with Crippen LogP contribution < -0.4 is 0 Å². The molecule has 0 spiro atoms. The maximum atomic E-state index is 12.0. The van der Waals surface area contributed by atoms with Gasteiger partial charge in [-0.25, -0.2) is 0 Å². The topological polar surface area (TPSA) is 47.8 Å². The van der Waals surface area contributed by atoms with E-state index in [0.717, 1.165) is 24.9 Å². The summed E-state index contributed by atoms with van der Waals surface area (Å²) in [6, 6.07) is 3.88. The minimum atomic E-state index is 0.147. The van der Waals surface area contributed by atoms with Crippen LogP contribution in [0.4, 0.5) is 0 Å². The van der Waals surface area contributed by atoms with Crippen molar-refractivity contribution in [2.24, 2.45) is 0 Å². The van der Waals surface area contributed by atoms with Gasteiger partial charge in [0, 0.05) is 31.6 Å². The number of hydrogen-bond acceptors (Lipinski definition) is 3. The molecule has 0 atom stereocenters. The van der Waals surface area contributed by atoms with Gasteiger partial charge in [0.2, 0.25) is 0 Å². The molecular weight excluding hydrogens is 226 g/mol. The lowest BCUT2D eigenvalue weighted by molar-refractivity contribution is 0.0982. The Morgan fingerprint density at radius 3 is 2.83 bits per heavy atom. The second-order valence-corrected chi connectivity index (χ2v) is 4.27. The third-order valence-corrected chi connectivity index (χ3v) is 2.80. The van der Waals surface area contributed by atoms with Gasteiger partial charge >= 0.3 is 0 Å². The lowest BCUT2D eigenvalue weighted by atomic mass is 10.1. The Labute approximate surface area is 107 Å². The molecule has 0 aliphatic rings. The zero-order valence-corrected chi connectivity index (χ0v) is 10.5. The SMILES string of the molecule is CCCn1cc(C(=O)CCc2ccncc2)cn1. The molecule has 0 saturated carbocycles. The first kappa shape index (κ1) is 12.5. The number of pyridine rings is 1. The number of aromatic nitrogens is 3. The van der Waals surface area contributed by atoms with Crippen LogP contribution in [0.25, 0.3) is 0 Å². The van der Waals surface area contributed by atoms with Crippen LogP contribution in [0.5, 0.6) is 0 Å². The fraction of sp³-hybridized carbons (Fsp3) is 0.357.